The smallest absolute Gasteiger partial charge is 0.255 e. The first-order valence-corrected chi connectivity index (χ1v) is 10.6. The minimum absolute atomic E-state index is 0.118. The van der Waals surface area contributed by atoms with E-state index in [-0.39, 0.29) is 18.0 Å². The lowest BCUT2D eigenvalue weighted by Gasteiger charge is -2.19. The number of carbonyl (C=O) groups is 1. The second kappa shape index (κ2) is 7.28. The Labute approximate surface area is 160 Å². The van der Waals surface area contributed by atoms with Gasteiger partial charge in [-0.25, -0.2) is 4.98 Å². The lowest BCUT2D eigenvalue weighted by Crippen LogP contribution is -2.35. The van der Waals surface area contributed by atoms with Crippen molar-refractivity contribution >= 4 is 34.0 Å². The average molecular weight is 385 g/mol. The Balaban J connectivity index is 1.67. The molecule has 0 radical (unpaired) electrons. The summed E-state index contributed by atoms with van der Waals surface area (Å²) >= 11 is 0. The molecule has 8 heteroatoms. The lowest BCUT2D eigenvalue weighted by atomic mass is 10.1. The van der Waals surface area contributed by atoms with Gasteiger partial charge in [0.15, 0.2) is 0 Å². The largest absolute Gasteiger partial charge is 0.366 e. The highest BCUT2D eigenvalue weighted by Crippen LogP contribution is 2.30. The van der Waals surface area contributed by atoms with Crippen LogP contribution in [0, 0.1) is 0 Å². The molecule has 1 saturated carbocycles. The van der Waals surface area contributed by atoms with E-state index in [0.29, 0.717) is 28.6 Å². The van der Waals surface area contributed by atoms with Crippen molar-refractivity contribution in [2.24, 2.45) is 5.73 Å². The van der Waals surface area contributed by atoms with E-state index in [0.717, 1.165) is 30.5 Å². The second-order valence-electron chi connectivity index (χ2n) is 7.03. The third-order valence-corrected chi connectivity index (χ3v) is 6.02. The van der Waals surface area contributed by atoms with Gasteiger partial charge in [0.1, 0.15) is 11.6 Å². The molecule has 1 fully saturated rings. The molecule has 5 N–H and O–H groups in total. The standard InChI is InChI=1S/C19H23N5O2S/c1-27(26)13-5-2-4-12(9-13)22-18-17-11(10-21-19(17)25)8-16(24-18)23-15-7-3-6-14(15)20/h2,4-5,8-9,14-15H,3,6-7,10,20H2,1H3,(H,21,25)(H2,22,23,24)/t14-,15?,27?/m0/s1. The predicted molar refractivity (Wildman–Crippen MR) is 107 cm³/mol. The molecule has 7 nitrogen and oxygen atoms in total. The number of hydrogen-bond acceptors (Lipinski definition) is 6. The molecule has 2 aromatic rings. The van der Waals surface area contributed by atoms with Crippen LogP contribution >= 0.6 is 0 Å². The molecule has 1 aromatic heterocycles. The molecular weight excluding hydrogens is 362 g/mol. The average Bonchev–Trinajstić information content (AvgIpc) is 3.21. The van der Waals surface area contributed by atoms with E-state index in [2.05, 4.69) is 20.9 Å². The van der Waals surface area contributed by atoms with Crippen LogP contribution in [-0.2, 0) is 17.3 Å². The SMILES string of the molecule is CS(=O)c1cccc(Nc2nc(NC3CCC[C@@H]3N)cc3c2C(=O)NC3)c1. The van der Waals surface area contributed by atoms with Crippen LogP contribution in [0.5, 0.6) is 0 Å². The summed E-state index contributed by atoms with van der Waals surface area (Å²) in [5.74, 6) is 1.07. The maximum Gasteiger partial charge on any atom is 0.255 e. The number of aromatic nitrogens is 1. The van der Waals surface area contributed by atoms with Crippen LogP contribution in [0.1, 0.15) is 35.2 Å². The molecular formula is C19H23N5O2S. The zero-order valence-electron chi connectivity index (χ0n) is 15.1. The van der Waals surface area contributed by atoms with Crippen LogP contribution in [0.2, 0.25) is 0 Å². The van der Waals surface area contributed by atoms with Crippen LogP contribution in [0.3, 0.4) is 0 Å². The molecule has 3 atom stereocenters. The predicted octanol–water partition coefficient (Wildman–Crippen LogP) is 2.10. The number of amides is 1. The number of benzene rings is 1. The van der Waals surface area contributed by atoms with Crippen LogP contribution in [0.4, 0.5) is 17.3 Å². The van der Waals surface area contributed by atoms with Crippen molar-refractivity contribution in [3.8, 4) is 0 Å². The van der Waals surface area contributed by atoms with E-state index in [1.807, 2.05) is 30.3 Å². The van der Waals surface area contributed by atoms with Crippen molar-refractivity contribution in [1.29, 1.82) is 0 Å². The van der Waals surface area contributed by atoms with Crippen molar-refractivity contribution in [3.63, 3.8) is 0 Å². The van der Waals surface area contributed by atoms with Gasteiger partial charge in [-0.15, -0.1) is 0 Å². The lowest BCUT2D eigenvalue weighted by molar-refractivity contribution is 0.0966. The highest BCUT2D eigenvalue weighted by atomic mass is 32.2. The molecule has 4 rings (SSSR count). The summed E-state index contributed by atoms with van der Waals surface area (Å²) in [6, 6.07) is 9.55. The van der Waals surface area contributed by atoms with Crippen molar-refractivity contribution in [3.05, 3.63) is 41.5 Å². The summed E-state index contributed by atoms with van der Waals surface area (Å²) in [5.41, 5.74) is 8.37. The summed E-state index contributed by atoms with van der Waals surface area (Å²) in [7, 11) is -1.08. The van der Waals surface area contributed by atoms with Gasteiger partial charge in [-0.2, -0.15) is 0 Å². The Bertz CT molecular complexity index is 917. The van der Waals surface area contributed by atoms with Crippen molar-refractivity contribution in [2.75, 3.05) is 16.9 Å². The molecule has 0 bridgehead atoms. The number of nitrogens with two attached hydrogens (primary N) is 1. The first-order valence-electron chi connectivity index (χ1n) is 9.06. The van der Waals surface area contributed by atoms with Crippen molar-refractivity contribution in [2.45, 2.75) is 42.8 Å². The van der Waals surface area contributed by atoms with Gasteiger partial charge in [0, 0.05) is 46.3 Å². The topological polar surface area (TPSA) is 109 Å². The van der Waals surface area contributed by atoms with Gasteiger partial charge in [-0.1, -0.05) is 6.07 Å². The number of rotatable bonds is 5. The molecule has 1 aliphatic heterocycles. The number of nitrogens with one attached hydrogen (secondary N) is 3. The van der Waals surface area contributed by atoms with Crippen LogP contribution < -0.4 is 21.7 Å². The van der Waals surface area contributed by atoms with E-state index >= 15 is 0 Å². The Morgan fingerprint density at radius 1 is 1.30 bits per heavy atom. The van der Waals surface area contributed by atoms with Crippen molar-refractivity contribution < 1.29 is 9.00 Å². The molecule has 2 heterocycles. The normalized spacial score (nSPS) is 22.2. The van der Waals surface area contributed by atoms with Crippen molar-refractivity contribution in [1.82, 2.24) is 10.3 Å². The molecule has 1 amide bonds. The monoisotopic (exact) mass is 385 g/mol. The number of pyridine rings is 1. The molecule has 27 heavy (non-hydrogen) atoms. The zero-order chi connectivity index (χ0) is 19.0. The van der Waals surface area contributed by atoms with Crippen LogP contribution in [0.25, 0.3) is 0 Å². The van der Waals surface area contributed by atoms with Crippen LogP contribution in [-0.4, -0.2) is 33.4 Å². The minimum atomic E-state index is -1.08. The Morgan fingerprint density at radius 2 is 2.15 bits per heavy atom. The number of anilines is 3. The van der Waals surface area contributed by atoms with Gasteiger partial charge in [0.2, 0.25) is 0 Å². The first-order chi connectivity index (χ1) is 13.0. The Morgan fingerprint density at radius 3 is 2.89 bits per heavy atom. The third kappa shape index (κ3) is 3.68. The molecule has 1 aliphatic carbocycles. The number of carbonyl (C=O) groups excluding carboxylic acids is 1. The highest BCUT2D eigenvalue weighted by Gasteiger charge is 2.28. The fourth-order valence-electron chi connectivity index (χ4n) is 3.67. The molecule has 0 spiro atoms. The summed E-state index contributed by atoms with van der Waals surface area (Å²) in [5, 5.41) is 9.51. The number of fused-ring (bicyclic) bond motifs is 1. The highest BCUT2D eigenvalue weighted by molar-refractivity contribution is 7.84. The van der Waals surface area contributed by atoms with E-state index < -0.39 is 10.8 Å². The summed E-state index contributed by atoms with van der Waals surface area (Å²) < 4.78 is 11.7. The van der Waals surface area contributed by atoms with Gasteiger partial charge in [0.05, 0.1) is 5.56 Å². The van der Waals surface area contributed by atoms with Crippen LogP contribution in [0.15, 0.2) is 35.2 Å². The van der Waals surface area contributed by atoms with Gasteiger partial charge >= 0.3 is 0 Å². The summed E-state index contributed by atoms with van der Waals surface area (Å²) in [6.45, 7) is 0.482. The Kier molecular flexibility index (Phi) is 4.84. The maximum atomic E-state index is 12.3. The minimum Gasteiger partial charge on any atom is -0.366 e. The van der Waals surface area contributed by atoms with Gasteiger partial charge in [-0.05, 0) is 49.1 Å². The van der Waals surface area contributed by atoms with Gasteiger partial charge in [-0.3, -0.25) is 9.00 Å². The molecule has 2 unspecified atom stereocenters. The van der Waals surface area contributed by atoms with E-state index in [4.69, 9.17) is 5.73 Å². The van der Waals surface area contributed by atoms with Gasteiger partial charge in [0.25, 0.3) is 5.91 Å². The fraction of sp³-hybridized carbons (Fsp3) is 0.368. The second-order valence-corrected chi connectivity index (χ2v) is 8.41. The quantitative estimate of drug-likeness (QED) is 0.628. The summed E-state index contributed by atoms with van der Waals surface area (Å²) in [4.78, 5) is 17.6. The molecule has 1 aromatic carbocycles. The molecule has 0 saturated heterocycles. The Hall–Kier alpha value is -2.45. The van der Waals surface area contributed by atoms with E-state index in [1.165, 1.54) is 0 Å². The van der Waals surface area contributed by atoms with E-state index in [9.17, 15) is 9.00 Å². The first kappa shape index (κ1) is 17.9. The van der Waals surface area contributed by atoms with Gasteiger partial charge < -0.3 is 21.7 Å². The number of nitrogens with zero attached hydrogens (tertiary/aromatic N) is 1. The summed E-state index contributed by atoms with van der Waals surface area (Å²) in [6.07, 6.45) is 4.77. The van der Waals surface area contributed by atoms with E-state index in [1.54, 1.807) is 6.26 Å². The number of hydrogen-bond donors (Lipinski definition) is 4. The zero-order valence-corrected chi connectivity index (χ0v) is 15.9. The fourth-order valence-corrected chi connectivity index (χ4v) is 4.23. The molecule has 2 aliphatic rings. The third-order valence-electron chi connectivity index (χ3n) is 5.10. The molecule has 142 valence electrons. The maximum absolute atomic E-state index is 12.3.